The third kappa shape index (κ3) is 2.62. The quantitative estimate of drug-likeness (QED) is 0.866. The van der Waals surface area contributed by atoms with Crippen LogP contribution in [0.15, 0.2) is 30.5 Å². The van der Waals surface area contributed by atoms with Crippen LogP contribution in [-0.2, 0) is 0 Å². The molecule has 0 saturated heterocycles. The topological polar surface area (TPSA) is 79.1 Å². The van der Waals surface area contributed by atoms with E-state index in [4.69, 9.17) is 5.11 Å². The van der Waals surface area contributed by atoms with Crippen molar-refractivity contribution in [3.05, 3.63) is 41.9 Å². The Kier molecular flexibility index (Phi) is 3.23. The van der Waals surface area contributed by atoms with Crippen molar-refractivity contribution in [1.82, 2.24) is 15.0 Å². The van der Waals surface area contributed by atoms with Gasteiger partial charge in [0.2, 0.25) is 0 Å². The van der Waals surface area contributed by atoms with E-state index in [2.05, 4.69) is 15.0 Å². The van der Waals surface area contributed by atoms with Crippen LogP contribution < -0.4 is 0 Å². The summed E-state index contributed by atoms with van der Waals surface area (Å²) < 4.78 is 0. The van der Waals surface area contributed by atoms with E-state index in [0.29, 0.717) is 23.1 Å². The number of nitrogens with zero attached hydrogens (tertiary/aromatic N) is 3. The van der Waals surface area contributed by atoms with Crippen molar-refractivity contribution in [2.75, 3.05) is 6.61 Å². The first-order chi connectivity index (χ1) is 9.28. The molecule has 2 aromatic rings. The van der Waals surface area contributed by atoms with Gasteiger partial charge in [-0.05, 0) is 31.0 Å². The van der Waals surface area contributed by atoms with Crippen molar-refractivity contribution < 1.29 is 10.2 Å². The van der Waals surface area contributed by atoms with E-state index in [1.165, 1.54) is 0 Å². The number of pyridine rings is 1. The van der Waals surface area contributed by atoms with Gasteiger partial charge in [0.25, 0.3) is 0 Å². The Balaban J connectivity index is 2.05. The minimum atomic E-state index is -0.969. The number of aliphatic hydroxyl groups excluding tert-OH is 2. The Hall–Kier alpha value is -1.85. The van der Waals surface area contributed by atoms with Crippen LogP contribution in [0.1, 0.15) is 36.3 Å². The van der Waals surface area contributed by atoms with Crippen molar-refractivity contribution in [2.24, 2.45) is 0 Å². The summed E-state index contributed by atoms with van der Waals surface area (Å²) >= 11 is 0. The average molecular weight is 257 g/mol. The highest BCUT2D eigenvalue weighted by molar-refractivity contribution is 5.49. The van der Waals surface area contributed by atoms with Crippen LogP contribution in [-0.4, -0.2) is 31.8 Å². The van der Waals surface area contributed by atoms with Crippen LogP contribution in [0.25, 0.3) is 11.5 Å². The summed E-state index contributed by atoms with van der Waals surface area (Å²) in [7, 11) is 0. The highest BCUT2D eigenvalue weighted by atomic mass is 16.3. The zero-order valence-electron chi connectivity index (χ0n) is 10.4. The van der Waals surface area contributed by atoms with E-state index in [-0.39, 0.29) is 6.61 Å². The Morgan fingerprint density at radius 3 is 2.74 bits per heavy atom. The van der Waals surface area contributed by atoms with E-state index >= 15 is 0 Å². The minimum Gasteiger partial charge on any atom is -0.393 e. The lowest BCUT2D eigenvalue weighted by atomic mass is 10.1. The van der Waals surface area contributed by atoms with Gasteiger partial charge in [-0.15, -0.1) is 0 Å². The molecule has 1 aliphatic rings. The first-order valence-corrected chi connectivity index (χ1v) is 6.37. The van der Waals surface area contributed by atoms with E-state index in [0.717, 1.165) is 18.5 Å². The van der Waals surface area contributed by atoms with Gasteiger partial charge in [0, 0.05) is 17.8 Å². The van der Waals surface area contributed by atoms with Crippen molar-refractivity contribution >= 4 is 0 Å². The molecule has 1 fully saturated rings. The number of rotatable bonds is 4. The van der Waals surface area contributed by atoms with Gasteiger partial charge in [-0.25, -0.2) is 9.97 Å². The summed E-state index contributed by atoms with van der Waals surface area (Å²) in [4.78, 5) is 13.0. The molecule has 1 saturated carbocycles. The van der Waals surface area contributed by atoms with Crippen LogP contribution in [0.4, 0.5) is 0 Å². The summed E-state index contributed by atoms with van der Waals surface area (Å²) in [5, 5.41) is 18.8. The van der Waals surface area contributed by atoms with Gasteiger partial charge in [0.15, 0.2) is 5.82 Å². The third-order valence-electron chi connectivity index (χ3n) is 3.17. The maximum absolute atomic E-state index is 9.77. The van der Waals surface area contributed by atoms with E-state index in [1.807, 2.05) is 18.2 Å². The monoisotopic (exact) mass is 257 g/mol. The third-order valence-corrected chi connectivity index (χ3v) is 3.17. The lowest BCUT2D eigenvalue weighted by Crippen LogP contribution is -2.08. The van der Waals surface area contributed by atoms with E-state index < -0.39 is 6.10 Å². The van der Waals surface area contributed by atoms with Crippen molar-refractivity contribution in [3.63, 3.8) is 0 Å². The molecule has 0 amide bonds. The van der Waals surface area contributed by atoms with Gasteiger partial charge in [0.05, 0.1) is 12.3 Å². The summed E-state index contributed by atoms with van der Waals surface area (Å²) in [5.41, 5.74) is 2.06. The van der Waals surface area contributed by atoms with Crippen LogP contribution in [0, 0.1) is 0 Å². The van der Waals surface area contributed by atoms with Crippen LogP contribution >= 0.6 is 0 Å². The zero-order chi connectivity index (χ0) is 13.2. The SMILES string of the molecule is OCC(O)c1cc(C2CC2)nc(-c2ccccn2)n1. The molecule has 1 unspecified atom stereocenters. The fourth-order valence-electron chi connectivity index (χ4n) is 1.95. The largest absolute Gasteiger partial charge is 0.393 e. The second kappa shape index (κ2) is 5.03. The van der Waals surface area contributed by atoms with Crippen molar-refractivity contribution in [2.45, 2.75) is 24.9 Å². The molecule has 19 heavy (non-hydrogen) atoms. The molecule has 2 N–H and O–H groups in total. The Morgan fingerprint density at radius 2 is 2.11 bits per heavy atom. The molecule has 0 aromatic carbocycles. The summed E-state index contributed by atoms with van der Waals surface area (Å²) in [5.74, 6) is 0.961. The summed E-state index contributed by atoms with van der Waals surface area (Å²) in [6.45, 7) is -0.344. The van der Waals surface area contributed by atoms with Crippen LogP contribution in [0.3, 0.4) is 0 Å². The predicted octanol–water partition coefficient (Wildman–Crippen LogP) is 1.44. The Bertz CT molecular complexity index is 570. The molecule has 98 valence electrons. The second-order valence-corrected chi connectivity index (χ2v) is 4.73. The number of aromatic nitrogens is 3. The molecule has 0 bridgehead atoms. The number of hydrogen-bond donors (Lipinski definition) is 2. The first-order valence-electron chi connectivity index (χ1n) is 6.37. The lowest BCUT2D eigenvalue weighted by molar-refractivity contribution is 0.0921. The Labute approximate surface area is 111 Å². The van der Waals surface area contributed by atoms with Gasteiger partial charge >= 0.3 is 0 Å². The van der Waals surface area contributed by atoms with E-state index in [9.17, 15) is 5.11 Å². The van der Waals surface area contributed by atoms with Gasteiger partial charge in [-0.3, -0.25) is 4.98 Å². The molecular formula is C14H15N3O2. The van der Waals surface area contributed by atoms with Crippen molar-refractivity contribution in [3.8, 4) is 11.5 Å². The molecule has 5 nitrogen and oxygen atoms in total. The lowest BCUT2D eigenvalue weighted by Gasteiger charge is -2.10. The van der Waals surface area contributed by atoms with Crippen LogP contribution in [0.2, 0.25) is 0 Å². The normalized spacial score (nSPS) is 16.3. The maximum atomic E-state index is 9.77. The fraction of sp³-hybridized carbons (Fsp3) is 0.357. The average Bonchev–Trinajstić information content (AvgIpc) is 3.31. The van der Waals surface area contributed by atoms with Crippen molar-refractivity contribution in [1.29, 1.82) is 0 Å². The first kappa shape index (κ1) is 12.2. The molecule has 0 radical (unpaired) electrons. The van der Waals surface area contributed by atoms with Crippen LogP contribution in [0.5, 0.6) is 0 Å². The van der Waals surface area contributed by atoms with Gasteiger partial charge in [-0.2, -0.15) is 0 Å². The highest BCUT2D eigenvalue weighted by Gasteiger charge is 2.27. The second-order valence-electron chi connectivity index (χ2n) is 4.73. The molecule has 0 aliphatic heterocycles. The standard InChI is InChI=1S/C14H15N3O2/c18-8-13(19)12-7-11(9-4-5-9)16-14(17-12)10-3-1-2-6-15-10/h1-3,6-7,9,13,18-19H,4-5,8H2. The summed E-state index contributed by atoms with van der Waals surface area (Å²) in [6, 6.07) is 7.32. The van der Waals surface area contributed by atoms with E-state index in [1.54, 1.807) is 12.3 Å². The Morgan fingerprint density at radius 1 is 1.26 bits per heavy atom. The highest BCUT2D eigenvalue weighted by Crippen LogP contribution is 2.39. The molecule has 2 heterocycles. The molecule has 1 aliphatic carbocycles. The minimum absolute atomic E-state index is 0.344. The maximum Gasteiger partial charge on any atom is 0.178 e. The predicted molar refractivity (Wildman–Crippen MR) is 69.3 cm³/mol. The molecule has 0 spiro atoms. The summed E-state index contributed by atoms with van der Waals surface area (Å²) in [6.07, 6.45) is 2.95. The molecule has 3 rings (SSSR count). The number of hydrogen-bond acceptors (Lipinski definition) is 5. The van der Waals surface area contributed by atoms with Gasteiger partial charge in [0.1, 0.15) is 11.8 Å². The van der Waals surface area contributed by atoms with Gasteiger partial charge in [-0.1, -0.05) is 6.07 Å². The molecule has 1 atom stereocenters. The smallest absolute Gasteiger partial charge is 0.178 e. The molecule has 5 heteroatoms. The zero-order valence-corrected chi connectivity index (χ0v) is 10.4. The number of aliphatic hydroxyl groups is 2. The molecule has 2 aromatic heterocycles. The molecular weight excluding hydrogens is 242 g/mol. The van der Waals surface area contributed by atoms with Gasteiger partial charge < -0.3 is 10.2 Å². The fourth-order valence-corrected chi connectivity index (χ4v) is 1.95.